The minimum absolute atomic E-state index is 0.243. The van der Waals surface area contributed by atoms with Crippen molar-refractivity contribution in [3.05, 3.63) is 32.1 Å². The summed E-state index contributed by atoms with van der Waals surface area (Å²) in [7, 11) is 0. The second-order valence-corrected chi connectivity index (χ2v) is 4.92. The van der Waals surface area contributed by atoms with E-state index >= 15 is 0 Å². The molecule has 1 aromatic heterocycles. The van der Waals surface area contributed by atoms with Gasteiger partial charge in [0.2, 0.25) is 0 Å². The average Bonchev–Trinajstić information content (AvgIpc) is 2.36. The molecule has 0 atom stereocenters. The van der Waals surface area contributed by atoms with E-state index in [1.54, 1.807) is 20.8 Å². The topological polar surface area (TPSA) is 70.3 Å². The highest BCUT2D eigenvalue weighted by Gasteiger charge is 2.21. The van der Waals surface area contributed by atoms with E-state index < -0.39 is 11.8 Å². The first-order valence-corrected chi connectivity index (χ1v) is 6.90. The lowest BCUT2D eigenvalue weighted by atomic mass is 10.2. The van der Waals surface area contributed by atoms with Crippen LogP contribution in [0.5, 0.6) is 0 Å². The summed E-state index contributed by atoms with van der Waals surface area (Å²) in [4.78, 5) is 36.6. The molecule has 0 fully saturated rings. The van der Waals surface area contributed by atoms with Crippen LogP contribution in [0.4, 0.5) is 4.79 Å². The molecular weight excluding hydrogens is 260 g/mol. The normalized spacial score (nSPS) is 10.9. The maximum Gasteiger partial charge on any atom is 0.422 e. The van der Waals surface area contributed by atoms with Crippen LogP contribution in [0.15, 0.2) is 9.59 Å². The van der Waals surface area contributed by atoms with E-state index in [-0.39, 0.29) is 18.2 Å². The molecule has 0 bridgehead atoms. The van der Waals surface area contributed by atoms with Gasteiger partial charge in [0.15, 0.2) is 0 Å². The summed E-state index contributed by atoms with van der Waals surface area (Å²) in [6.07, 6.45) is 0.404. The summed E-state index contributed by atoms with van der Waals surface area (Å²) in [5.74, 6) is 0. The number of ether oxygens (including phenoxy) is 1. The highest BCUT2D eigenvalue weighted by atomic mass is 16.5. The zero-order valence-corrected chi connectivity index (χ0v) is 12.7. The van der Waals surface area contributed by atoms with Gasteiger partial charge in [-0.3, -0.25) is 9.36 Å². The molecule has 112 valence electrons. The van der Waals surface area contributed by atoms with Crippen molar-refractivity contribution in [2.75, 3.05) is 6.61 Å². The Morgan fingerprint density at radius 1 is 1.25 bits per heavy atom. The minimum atomic E-state index is -0.724. The first-order chi connectivity index (χ1) is 9.36. The molecule has 1 aromatic rings. The third kappa shape index (κ3) is 2.84. The van der Waals surface area contributed by atoms with Crippen LogP contribution in [0.3, 0.4) is 0 Å². The number of nitrogens with zero attached hydrogens (tertiary/aromatic N) is 2. The largest absolute Gasteiger partial charge is 0.449 e. The molecule has 0 spiro atoms. The molecular formula is C14H22N2O4. The van der Waals surface area contributed by atoms with Gasteiger partial charge in [0, 0.05) is 17.3 Å². The quantitative estimate of drug-likeness (QED) is 0.845. The van der Waals surface area contributed by atoms with Gasteiger partial charge in [0.1, 0.15) is 0 Å². The van der Waals surface area contributed by atoms with Gasteiger partial charge in [-0.05, 0) is 33.6 Å². The van der Waals surface area contributed by atoms with Crippen LogP contribution in [0, 0.1) is 6.92 Å². The van der Waals surface area contributed by atoms with Gasteiger partial charge in [-0.15, -0.1) is 0 Å². The SMILES string of the molecule is CCCOC(=O)n1c(C)c(CC)c(=O)n(C(C)C)c1=O. The van der Waals surface area contributed by atoms with Gasteiger partial charge in [-0.2, -0.15) is 0 Å². The molecule has 6 heteroatoms. The van der Waals surface area contributed by atoms with Crippen LogP contribution in [0.25, 0.3) is 0 Å². The van der Waals surface area contributed by atoms with E-state index in [9.17, 15) is 14.4 Å². The van der Waals surface area contributed by atoms with E-state index in [1.807, 2.05) is 13.8 Å². The van der Waals surface area contributed by atoms with Crippen molar-refractivity contribution in [1.29, 1.82) is 0 Å². The third-order valence-corrected chi connectivity index (χ3v) is 3.13. The van der Waals surface area contributed by atoms with Crippen molar-refractivity contribution in [2.45, 2.75) is 53.5 Å². The Kier molecular flexibility index (Phi) is 5.30. The van der Waals surface area contributed by atoms with E-state index in [1.165, 1.54) is 0 Å². The van der Waals surface area contributed by atoms with Gasteiger partial charge in [0.05, 0.1) is 6.61 Å². The summed E-state index contributed by atoms with van der Waals surface area (Å²) < 4.78 is 7.07. The van der Waals surface area contributed by atoms with Crippen LogP contribution < -0.4 is 11.2 Å². The lowest BCUT2D eigenvalue weighted by Gasteiger charge is -2.17. The molecule has 0 aliphatic heterocycles. The smallest absolute Gasteiger partial charge is 0.422 e. The summed E-state index contributed by atoms with van der Waals surface area (Å²) in [5.41, 5.74) is -0.141. The van der Waals surface area contributed by atoms with Gasteiger partial charge < -0.3 is 4.74 Å². The summed E-state index contributed by atoms with van der Waals surface area (Å²) in [5, 5.41) is 0. The fourth-order valence-corrected chi connectivity index (χ4v) is 2.10. The second-order valence-electron chi connectivity index (χ2n) is 4.92. The number of aromatic nitrogens is 2. The minimum Gasteiger partial charge on any atom is -0.449 e. The van der Waals surface area contributed by atoms with Gasteiger partial charge in [0.25, 0.3) is 5.56 Å². The lowest BCUT2D eigenvalue weighted by Crippen LogP contribution is -2.46. The van der Waals surface area contributed by atoms with Crippen molar-refractivity contribution in [3.63, 3.8) is 0 Å². The fourth-order valence-electron chi connectivity index (χ4n) is 2.10. The number of hydrogen-bond donors (Lipinski definition) is 0. The molecule has 0 aliphatic rings. The van der Waals surface area contributed by atoms with E-state index in [0.29, 0.717) is 24.1 Å². The Balaban J connectivity index is 3.60. The molecule has 6 nitrogen and oxygen atoms in total. The van der Waals surface area contributed by atoms with Crippen LogP contribution in [-0.4, -0.2) is 21.8 Å². The highest BCUT2D eigenvalue weighted by Crippen LogP contribution is 2.05. The summed E-state index contributed by atoms with van der Waals surface area (Å²) >= 11 is 0. The van der Waals surface area contributed by atoms with E-state index in [0.717, 1.165) is 9.13 Å². The lowest BCUT2D eigenvalue weighted by molar-refractivity contribution is 0.145. The second kappa shape index (κ2) is 6.54. The van der Waals surface area contributed by atoms with Crippen molar-refractivity contribution in [2.24, 2.45) is 0 Å². The number of hydrogen-bond acceptors (Lipinski definition) is 4. The molecule has 0 unspecified atom stereocenters. The van der Waals surface area contributed by atoms with E-state index in [4.69, 9.17) is 4.74 Å². The summed E-state index contributed by atoms with van der Waals surface area (Å²) in [6.45, 7) is 9.00. The Morgan fingerprint density at radius 3 is 2.30 bits per heavy atom. The Bertz CT molecular complexity index is 611. The molecule has 20 heavy (non-hydrogen) atoms. The fraction of sp³-hybridized carbons (Fsp3) is 0.643. The number of carbonyl (C=O) groups excluding carboxylic acids is 1. The summed E-state index contributed by atoms with van der Waals surface area (Å²) in [6, 6.07) is -0.314. The molecule has 0 N–H and O–H groups in total. The Labute approximate surface area is 118 Å². The predicted molar refractivity (Wildman–Crippen MR) is 76.5 cm³/mol. The first kappa shape index (κ1) is 16.2. The van der Waals surface area contributed by atoms with Crippen molar-refractivity contribution < 1.29 is 9.53 Å². The Hall–Kier alpha value is -1.85. The monoisotopic (exact) mass is 282 g/mol. The van der Waals surface area contributed by atoms with E-state index in [2.05, 4.69) is 0 Å². The third-order valence-electron chi connectivity index (χ3n) is 3.13. The zero-order chi connectivity index (χ0) is 15.4. The standard InChI is InChI=1S/C14H22N2O4/c1-6-8-20-14(19)16-10(5)11(7-2)12(17)15(9(3)4)13(16)18/h9H,6-8H2,1-5H3. The molecule has 0 saturated heterocycles. The predicted octanol–water partition coefficient (Wildman–Crippen LogP) is 1.86. The molecule has 0 aromatic carbocycles. The maximum absolute atomic E-state index is 12.3. The molecule has 0 saturated carbocycles. The van der Waals surface area contributed by atoms with Crippen molar-refractivity contribution in [1.82, 2.24) is 9.13 Å². The van der Waals surface area contributed by atoms with Gasteiger partial charge in [-0.25, -0.2) is 14.2 Å². The highest BCUT2D eigenvalue weighted by molar-refractivity contribution is 5.71. The number of rotatable bonds is 4. The first-order valence-electron chi connectivity index (χ1n) is 6.90. The number of carbonyl (C=O) groups is 1. The molecule has 0 aliphatic carbocycles. The van der Waals surface area contributed by atoms with Crippen LogP contribution in [0.1, 0.15) is 51.4 Å². The van der Waals surface area contributed by atoms with Crippen molar-refractivity contribution >= 4 is 6.09 Å². The van der Waals surface area contributed by atoms with Gasteiger partial charge in [-0.1, -0.05) is 13.8 Å². The van der Waals surface area contributed by atoms with Crippen LogP contribution >= 0.6 is 0 Å². The van der Waals surface area contributed by atoms with Crippen LogP contribution in [-0.2, 0) is 11.2 Å². The molecule has 1 rings (SSSR count). The molecule has 0 radical (unpaired) electrons. The molecule has 0 amide bonds. The molecule has 1 heterocycles. The zero-order valence-electron chi connectivity index (χ0n) is 12.7. The maximum atomic E-state index is 12.3. The van der Waals surface area contributed by atoms with Crippen LogP contribution in [0.2, 0.25) is 0 Å². The average molecular weight is 282 g/mol. The Morgan fingerprint density at radius 2 is 1.85 bits per heavy atom. The van der Waals surface area contributed by atoms with Gasteiger partial charge >= 0.3 is 11.8 Å². The van der Waals surface area contributed by atoms with Crippen molar-refractivity contribution in [3.8, 4) is 0 Å².